The van der Waals surface area contributed by atoms with Crippen molar-refractivity contribution in [3.63, 3.8) is 0 Å². The number of carbonyl (C=O) groups is 1. The maximum atomic E-state index is 12.1. The summed E-state index contributed by atoms with van der Waals surface area (Å²) in [4.78, 5) is 15.8. The Balaban J connectivity index is 1.37. The lowest BCUT2D eigenvalue weighted by Crippen LogP contribution is -2.44. The normalized spacial score (nSPS) is 16.1. The minimum absolute atomic E-state index is 0.154. The average Bonchev–Trinajstić information content (AvgIpc) is 3.00. The molecule has 2 heterocycles. The first-order chi connectivity index (χ1) is 12.1. The number of piperidine rings is 1. The predicted octanol–water partition coefficient (Wildman–Crippen LogP) is 4.42. The van der Waals surface area contributed by atoms with E-state index in [1.807, 2.05) is 12.1 Å². The summed E-state index contributed by atoms with van der Waals surface area (Å²) in [6.45, 7) is 5.22. The number of aryl methyl sites for hydroxylation is 2. The Morgan fingerprint density at radius 1 is 1.28 bits per heavy atom. The van der Waals surface area contributed by atoms with Crippen molar-refractivity contribution >= 4 is 28.8 Å². The summed E-state index contributed by atoms with van der Waals surface area (Å²) in [5.74, 6) is 0.154. The summed E-state index contributed by atoms with van der Waals surface area (Å²) in [6.07, 6.45) is 3.38. The number of nitrogens with zero attached hydrogens (tertiary/aromatic N) is 1. The van der Waals surface area contributed by atoms with Crippen molar-refractivity contribution in [2.75, 3.05) is 13.1 Å². The van der Waals surface area contributed by atoms with Gasteiger partial charge in [0.1, 0.15) is 0 Å². The summed E-state index contributed by atoms with van der Waals surface area (Å²) in [6, 6.07) is 12.9. The highest BCUT2D eigenvalue weighted by molar-refractivity contribution is 7.16. The molecule has 2 aromatic rings. The Bertz CT molecular complexity index is 707. The molecule has 1 fully saturated rings. The van der Waals surface area contributed by atoms with E-state index in [4.69, 9.17) is 11.6 Å². The number of hydrogen-bond donors (Lipinski definition) is 1. The number of carbonyl (C=O) groups excluding carboxylic acids is 1. The van der Waals surface area contributed by atoms with Crippen LogP contribution >= 0.6 is 22.9 Å². The van der Waals surface area contributed by atoms with Crippen LogP contribution in [-0.4, -0.2) is 29.9 Å². The lowest BCUT2D eigenvalue weighted by atomic mass is 10.0. The van der Waals surface area contributed by atoms with Crippen LogP contribution < -0.4 is 5.32 Å². The monoisotopic (exact) mass is 376 g/mol. The van der Waals surface area contributed by atoms with E-state index in [2.05, 4.69) is 41.4 Å². The molecule has 134 valence electrons. The van der Waals surface area contributed by atoms with Gasteiger partial charge >= 0.3 is 0 Å². The molecule has 1 N–H and O–H groups in total. The first kappa shape index (κ1) is 18.4. The third kappa shape index (κ3) is 5.84. The minimum atomic E-state index is 0.154. The second-order valence-electron chi connectivity index (χ2n) is 6.81. The van der Waals surface area contributed by atoms with Crippen LogP contribution in [0.1, 0.15) is 35.3 Å². The summed E-state index contributed by atoms with van der Waals surface area (Å²) in [5.41, 5.74) is 2.68. The van der Waals surface area contributed by atoms with Crippen LogP contribution in [0.4, 0.5) is 0 Å². The molecule has 25 heavy (non-hydrogen) atoms. The second kappa shape index (κ2) is 8.84. The Hall–Kier alpha value is -1.36. The topological polar surface area (TPSA) is 32.3 Å². The maximum Gasteiger partial charge on any atom is 0.220 e. The van der Waals surface area contributed by atoms with Gasteiger partial charge in [-0.3, -0.25) is 9.69 Å². The van der Waals surface area contributed by atoms with Crippen molar-refractivity contribution in [2.24, 2.45) is 0 Å². The van der Waals surface area contributed by atoms with Crippen LogP contribution in [0.5, 0.6) is 0 Å². The summed E-state index contributed by atoms with van der Waals surface area (Å²) in [7, 11) is 0. The second-order valence-corrected chi connectivity index (χ2v) is 8.61. The molecular formula is C20H25ClN2OS. The Morgan fingerprint density at radius 3 is 2.76 bits per heavy atom. The van der Waals surface area contributed by atoms with Crippen LogP contribution in [0.2, 0.25) is 4.34 Å². The van der Waals surface area contributed by atoms with E-state index in [-0.39, 0.29) is 5.91 Å². The molecule has 1 aliphatic heterocycles. The van der Waals surface area contributed by atoms with E-state index < -0.39 is 0 Å². The maximum absolute atomic E-state index is 12.1. The van der Waals surface area contributed by atoms with Crippen LogP contribution in [0.3, 0.4) is 0 Å². The van der Waals surface area contributed by atoms with Gasteiger partial charge in [-0.15, -0.1) is 11.3 Å². The minimum Gasteiger partial charge on any atom is -0.353 e. The van der Waals surface area contributed by atoms with E-state index in [9.17, 15) is 4.79 Å². The van der Waals surface area contributed by atoms with Gasteiger partial charge in [-0.25, -0.2) is 0 Å². The Morgan fingerprint density at radius 2 is 2.08 bits per heavy atom. The Kier molecular flexibility index (Phi) is 6.51. The number of rotatable bonds is 6. The third-order valence-corrected chi connectivity index (χ3v) is 5.96. The molecule has 1 aromatic carbocycles. The molecule has 1 aromatic heterocycles. The molecule has 1 amide bonds. The zero-order chi connectivity index (χ0) is 17.6. The predicted molar refractivity (Wildman–Crippen MR) is 105 cm³/mol. The molecular weight excluding hydrogens is 352 g/mol. The quantitative estimate of drug-likeness (QED) is 0.809. The molecule has 0 spiro atoms. The lowest BCUT2D eigenvalue weighted by Gasteiger charge is -2.32. The highest BCUT2D eigenvalue weighted by Gasteiger charge is 2.20. The van der Waals surface area contributed by atoms with Gasteiger partial charge in [0.05, 0.1) is 4.34 Å². The summed E-state index contributed by atoms with van der Waals surface area (Å²) >= 11 is 7.48. The van der Waals surface area contributed by atoms with Crippen molar-refractivity contribution < 1.29 is 4.79 Å². The lowest BCUT2D eigenvalue weighted by molar-refractivity contribution is -0.122. The van der Waals surface area contributed by atoms with Crippen molar-refractivity contribution in [3.8, 4) is 0 Å². The average molecular weight is 377 g/mol. The molecule has 3 nitrogen and oxygen atoms in total. The molecule has 0 unspecified atom stereocenters. The van der Waals surface area contributed by atoms with Gasteiger partial charge in [0.15, 0.2) is 0 Å². The van der Waals surface area contributed by atoms with Gasteiger partial charge in [-0.05, 0) is 43.9 Å². The van der Waals surface area contributed by atoms with Gasteiger partial charge in [0.25, 0.3) is 0 Å². The number of likely N-dealkylation sites (tertiary alicyclic amines) is 1. The van der Waals surface area contributed by atoms with Crippen LogP contribution in [0, 0.1) is 6.92 Å². The number of benzene rings is 1. The number of nitrogens with one attached hydrogen (secondary N) is 1. The smallest absolute Gasteiger partial charge is 0.220 e. The zero-order valence-electron chi connectivity index (χ0n) is 14.6. The SMILES string of the molecule is Cc1cccc(CN2CCC(NC(=O)CCc3ccc(Cl)s3)CC2)c1. The van der Waals surface area contributed by atoms with E-state index in [1.54, 1.807) is 11.3 Å². The fraction of sp³-hybridized carbons (Fsp3) is 0.450. The highest BCUT2D eigenvalue weighted by Crippen LogP contribution is 2.22. The number of thiophene rings is 1. The van der Waals surface area contributed by atoms with Gasteiger partial charge < -0.3 is 5.32 Å². The molecule has 3 rings (SSSR count). The molecule has 5 heteroatoms. The number of amides is 1. The van der Waals surface area contributed by atoms with E-state index in [0.717, 1.165) is 43.2 Å². The first-order valence-electron chi connectivity index (χ1n) is 8.90. The molecule has 0 atom stereocenters. The van der Waals surface area contributed by atoms with E-state index in [0.29, 0.717) is 12.5 Å². The largest absolute Gasteiger partial charge is 0.353 e. The van der Waals surface area contributed by atoms with Gasteiger partial charge in [-0.1, -0.05) is 41.4 Å². The summed E-state index contributed by atoms with van der Waals surface area (Å²) in [5, 5.41) is 3.20. The third-order valence-electron chi connectivity index (χ3n) is 4.67. The van der Waals surface area contributed by atoms with Crippen LogP contribution in [-0.2, 0) is 17.8 Å². The van der Waals surface area contributed by atoms with Gasteiger partial charge in [0.2, 0.25) is 5.91 Å². The van der Waals surface area contributed by atoms with Crippen molar-refractivity contribution in [2.45, 2.75) is 45.2 Å². The highest BCUT2D eigenvalue weighted by atomic mass is 35.5. The molecule has 1 aliphatic rings. The van der Waals surface area contributed by atoms with Crippen molar-refractivity contribution in [1.29, 1.82) is 0 Å². The zero-order valence-corrected chi connectivity index (χ0v) is 16.2. The number of hydrogen-bond acceptors (Lipinski definition) is 3. The van der Waals surface area contributed by atoms with Crippen molar-refractivity contribution in [1.82, 2.24) is 10.2 Å². The molecule has 0 aliphatic carbocycles. The fourth-order valence-corrected chi connectivity index (χ4v) is 4.41. The molecule has 1 saturated heterocycles. The van der Waals surface area contributed by atoms with Gasteiger partial charge in [-0.2, -0.15) is 0 Å². The molecule has 0 radical (unpaired) electrons. The molecule has 0 bridgehead atoms. The number of halogens is 1. The van der Waals surface area contributed by atoms with E-state index in [1.165, 1.54) is 16.0 Å². The fourth-order valence-electron chi connectivity index (χ4n) is 3.33. The summed E-state index contributed by atoms with van der Waals surface area (Å²) < 4.78 is 0.788. The van der Waals surface area contributed by atoms with Gasteiger partial charge in [0, 0.05) is 37.0 Å². The van der Waals surface area contributed by atoms with Crippen molar-refractivity contribution in [3.05, 3.63) is 56.7 Å². The standard InChI is InChI=1S/C20H25ClN2OS/c1-15-3-2-4-16(13-15)14-23-11-9-17(10-12-23)22-20(24)8-6-18-5-7-19(21)25-18/h2-5,7,13,17H,6,8-12,14H2,1H3,(H,22,24). The van der Waals surface area contributed by atoms with E-state index >= 15 is 0 Å². The van der Waals surface area contributed by atoms with Crippen LogP contribution in [0.15, 0.2) is 36.4 Å². The van der Waals surface area contributed by atoms with Crippen LogP contribution in [0.25, 0.3) is 0 Å². The first-order valence-corrected chi connectivity index (χ1v) is 10.1. The Labute approximate surface area is 159 Å². The molecule has 0 saturated carbocycles.